The van der Waals surface area contributed by atoms with E-state index in [0.717, 1.165) is 40.5 Å². The van der Waals surface area contributed by atoms with Crippen LogP contribution in [-0.2, 0) is 0 Å². The quantitative estimate of drug-likeness (QED) is 0.836. The summed E-state index contributed by atoms with van der Waals surface area (Å²) in [5, 5.41) is 0.0212. The van der Waals surface area contributed by atoms with Crippen molar-refractivity contribution < 1.29 is 14.3 Å². The van der Waals surface area contributed by atoms with Gasteiger partial charge in [0.25, 0.3) is 5.91 Å². The molecule has 1 atom stereocenters. The number of hydrogen-bond donors (Lipinski definition) is 0. The fourth-order valence-corrected chi connectivity index (χ4v) is 4.38. The van der Waals surface area contributed by atoms with Crippen LogP contribution >= 0.6 is 11.8 Å². The van der Waals surface area contributed by atoms with Gasteiger partial charge in [-0.15, -0.1) is 11.8 Å². The topological polar surface area (TPSA) is 38.8 Å². The standard InChI is InChI=1S/C19H19NO3S/c1-13-4-2-3-5-15(13)18(21)20-8-11-24-19(20)14-6-7-16-17(12-14)23-10-9-22-16/h2-7,12,19H,8-11H2,1H3. The van der Waals surface area contributed by atoms with E-state index < -0.39 is 0 Å². The summed E-state index contributed by atoms with van der Waals surface area (Å²) in [7, 11) is 0. The molecule has 24 heavy (non-hydrogen) atoms. The summed E-state index contributed by atoms with van der Waals surface area (Å²) < 4.78 is 11.3. The predicted molar refractivity (Wildman–Crippen MR) is 94.8 cm³/mol. The summed E-state index contributed by atoms with van der Waals surface area (Å²) in [5.74, 6) is 2.59. The highest BCUT2D eigenvalue weighted by Crippen LogP contribution is 2.42. The number of thioether (sulfide) groups is 1. The normalized spacial score (nSPS) is 19.4. The summed E-state index contributed by atoms with van der Waals surface area (Å²) in [6.45, 7) is 3.90. The van der Waals surface area contributed by atoms with Gasteiger partial charge in [-0.25, -0.2) is 0 Å². The van der Waals surface area contributed by atoms with Gasteiger partial charge in [-0.2, -0.15) is 0 Å². The number of nitrogens with zero attached hydrogens (tertiary/aromatic N) is 1. The zero-order valence-electron chi connectivity index (χ0n) is 13.5. The van der Waals surface area contributed by atoms with Gasteiger partial charge in [0, 0.05) is 17.9 Å². The maximum atomic E-state index is 13.0. The highest BCUT2D eigenvalue weighted by atomic mass is 32.2. The Morgan fingerprint density at radius 2 is 1.92 bits per heavy atom. The molecule has 0 saturated carbocycles. The second-order valence-corrected chi connectivity index (χ2v) is 7.13. The van der Waals surface area contributed by atoms with Gasteiger partial charge in [0.05, 0.1) is 0 Å². The van der Waals surface area contributed by atoms with Gasteiger partial charge < -0.3 is 14.4 Å². The van der Waals surface area contributed by atoms with Crippen LogP contribution in [0.1, 0.15) is 26.9 Å². The third-order valence-electron chi connectivity index (χ3n) is 4.38. The monoisotopic (exact) mass is 341 g/mol. The summed E-state index contributed by atoms with van der Waals surface area (Å²) in [5.41, 5.74) is 2.88. The number of fused-ring (bicyclic) bond motifs is 1. The Morgan fingerprint density at radius 1 is 1.12 bits per heavy atom. The minimum atomic E-state index is 0.0212. The van der Waals surface area contributed by atoms with E-state index in [4.69, 9.17) is 9.47 Å². The van der Waals surface area contributed by atoms with Gasteiger partial charge in [-0.05, 0) is 36.2 Å². The minimum Gasteiger partial charge on any atom is -0.486 e. The largest absolute Gasteiger partial charge is 0.486 e. The number of carbonyl (C=O) groups excluding carboxylic acids is 1. The first-order valence-electron chi connectivity index (χ1n) is 8.12. The lowest BCUT2D eigenvalue weighted by atomic mass is 10.1. The van der Waals surface area contributed by atoms with Crippen LogP contribution in [0.15, 0.2) is 42.5 Å². The van der Waals surface area contributed by atoms with Crippen molar-refractivity contribution in [1.82, 2.24) is 4.90 Å². The number of amides is 1. The second kappa shape index (κ2) is 6.40. The molecule has 0 spiro atoms. The van der Waals surface area contributed by atoms with E-state index in [2.05, 4.69) is 0 Å². The first-order valence-corrected chi connectivity index (χ1v) is 9.16. The molecule has 4 nitrogen and oxygen atoms in total. The van der Waals surface area contributed by atoms with Gasteiger partial charge in [0.15, 0.2) is 11.5 Å². The van der Waals surface area contributed by atoms with Gasteiger partial charge in [0.2, 0.25) is 0 Å². The van der Waals surface area contributed by atoms with Gasteiger partial charge >= 0.3 is 0 Å². The molecule has 2 aromatic rings. The Labute approximate surface area is 145 Å². The molecule has 0 N–H and O–H groups in total. The Bertz CT molecular complexity index is 777. The van der Waals surface area contributed by atoms with Gasteiger partial charge in [-0.1, -0.05) is 24.3 Å². The van der Waals surface area contributed by atoms with E-state index in [1.807, 2.05) is 54.3 Å². The van der Waals surface area contributed by atoms with Gasteiger partial charge in [-0.3, -0.25) is 4.79 Å². The van der Waals surface area contributed by atoms with E-state index >= 15 is 0 Å². The Kier molecular flexibility index (Phi) is 4.10. The van der Waals surface area contributed by atoms with Gasteiger partial charge in [0.1, 0.15) is 18.6 Å². The van der Waals surface area contributed by atoms with E-state index in [1.165, 1.54) is 0 Å². The molecular formula is C19H19NO3S. The lowest BCUT2D eigenvalue weighted by Gasteiger charge is -2.26. The maximum Gasteiger partial charge on any atom is 0.255 e. The molecule has 1 unspecified atom stereocenters. The molecule has 124 valence electrons. The van der Waals surface area contributed by atoms with Crippen LogP contribution in [0.4, 0.5) is 0 Å². The van der Waals surface area contributed by atoms with Crippen molar-refractivity contribution in [3.63, 3.8) is 0 Å². The molecule has 1 amide bonds. The molecule has 0 radical (unpaired) electrons. The predicted octanol–water partition coefficient (Wildman–Crippen LogP) is 3.65. The fraction of sp³-hybridized carbons (Fsp3) is 0.316. The SMILES string of the molecule is Cc1ccccc1C(=O)N1CCSC1c1ccc2c(c1)OCCO2. The van der Waals surface area contributed by atoms with Crippen molar-refractivity contribution in [2.75, 3.05) is 25.5 Å². The van der Waals surface area contributed by atoms with E-state index in [9.17, 15) is 4.79 Å². The molecule has 4 rings (SSSR count). The van der Waals surface area contributed by atoms with Crippen LogP contribution in [0.5, 0.6) is 11.5 Å². The first-order chi connectivity index (χ1) is 11.7. The first kappa shape index (κ1) is 15.4. The number of benzene rings is 2. The third-order valence-corrected chi connectivity index (χ3v) is 5.64. The highest BCUT2D eigenvalue weighted by molar-refractivity contribution is 7.99. The number of rotatable bonds is 2. The summed E-state index contributed by atoms with van der Waals surface area (Å²) in [6.07, 6.45) is 0. The van der Waals surface area contributed by atoms with Crippen LogP contribution in [-0.4, -0.2) is 36.3 Å². The lowest BCUT2D eigenvalue weighted by Crippen LogP contribution is -2.31. The van der Waals surface area contributed by atoms with Crippen LogP contribution in [0.25, 0.3) is 0 Å². The number of ether oxygens (including phenoxy) is 2. The Morgan fingerprint density at radius 3 is 2.75 bits per heavy atom. The fourth-order valence-electron chi connectivity index (χ4n) is 3.14. The zero-order chi connectivity index (χ0) is 16.5. The Hall–Kier alpha value is -2.14. The minimum absolute atomic E-state index is 0.0212. The van der Waals surface area contributed by atoms with Crippen LogP contribution in [0.3, 0.4) is 0 Å². The van der Waals surface area contributed by atoms with Crippen molar-refractivity contribution in [2.24, 2.45) is 0 Å². The summed E-state index contributed by atoms with van der Waals surface area (Å²) in [6, 6.07) is 13.8. The van der Waals surface area contributed by atoms with Crippen molar-refractivity contribution in [1.29, 1.82) is 0 Å². The smallest absolute Gasteiger partial charge is 0.255 e. The van der Waals surface area contributed by atoms with Crippen molar-refractivity contribution in [3.05, 3.63) is 59.2 Å². The maximum absolute atomic E-state index is 13.0. The highest BCUT2D eigenvalue weighted by Gasteiger charge is 2.32. The van der Waals surface area contributed by atoms with Crippen LogP contribution in [0.2, 0.25) is 0 Å². The number of carbonyl (C=O) groups is 1. The lowest BCUT2D eigenvalue weighted by molar-refractivity contribution is 0.0759. The molecule has 0 aliphatic carbocycles. The van der Waals surface area contributed by atoms with E-state index in [1.54, 1.807) is 11.8 Å². The zero-order valence-corrected chi connectivity index (χ0v) is 14.3. The van der Waals surface area contributed by atoms with Crippen LogP contribution < -0.4 is 9.47 Å². The Balaban J connectivity index is 1.63. The molecule has 5 heteroatoms. The third kappa shape index (κ3) is 2.73. The molecular weight excluding hydrogens is 322 g/mol. The molecule has 0 bridgehead atoms. The van der Waals surface area contributed by atoms with Crippen molar-refractivity contribution >= 4 is 17.7 Å². The average Bonchev–Trinajstić information content (AvgIpc) is 3.11. The van der Waals surface area contributed by atoms with E-state index in [-0.39, 0.29) is 11.3 Å². The summed E-state index contributed by atoms with van der Waals surface area (Å²) in [4.78, 5) is 15.0. The second-order valence-electron chi connectivity index (χ2n) is 5.94. The molecule has 1 saturated heterocycles. The summed E-state index contributed by atoms with van der Waals surface area (Å²) >= 11 is 1.79. The van der Waals surface area contributed by atoms with Crippen molar-refractivity contribution in [3.8, 4) is 11.5 Å². The van der Waals surface area contributed by atoms with Crippen LogP contribution in [0, 0.1) is 6.92 Å². The number of aryl methyl sites for hydroxylation is 1. The molecule has 2 aliphatic rings. The number of hydrogen-bond acceptors (Lipinski definition) is 4. The average molecular weight is 341 g/mol. The molecule has 2 aromatic carbocycles. The molecule has 2 heterocycles. The molecule has 1 fully saturated rings. The molecule has 2 aliphatic heterocycles. The van der Waals surface area contributed by atoms with E-state index in [0.29, 0.717) is 13.2 Å². The molecule has 0 aromatic heterocycles. The van der Waals surface area contributed by atoms with Crippen molar-refractivity contribution in [2.45, 2.75) is 12.3 Å².